The summed E-state index contributed by atoms with van der Waals surface area (Å²) in [7, 11) is 1.47. The number of thioether (sulfide) groups is 1. The quantitative estimate of drug-likeness (QED) is 0.288. The molecule has 1 saturated heterocycles. The van der Waals surface area contributed by atoms with Crippen molar-refractivity contribution < 1.29 is 9.53 Å². The lowest BCUT2D eigenvalue weighted by atomic mass is 10.0. The minimum Gasteiger partial charge on any atom is -0.469 e. The van der Waals surface area contributed by atoms with E-state index in [1.165, 1.54) is 64.9 Å². The van der Waals surface area contributed by atoms with Gasteiger partial charge in [0.25, 0.3) is 0 Å². The Labute approximate surface area is 123 Å². The van der Waals surface area contributed by atoms with Gasteiger partial charge in [-0.1, -0.05) is 58.3 Å². The Hall–Kier alpha value is -0.180. The molecule has 1 rings (SSSR count). The molecule has 19 heavy (non-hydrogen) atoms. The first-order valence-electron chi connectivity index (χ1n) is 8.00. The molecule has 2 nitrogen and oxygen atoms in total. The molecule has 0 saturated carbocycles. The molecule has 3 heteroatoms. The molecule has 0 aromatic heterocycles. The molecular weight excluding hydrogens is 256 g/mol. The smallest absolute Gasteiger partial charge is 0.305 e. The summed E-state index contributed by atoms with van der Waals surface area (Å²) in [6.07, 6.45) is 14.2. The number of hydrogen-bond donors (Lipinski definition) is 0. The Balaban J connectivity index is 1.81. The van der Waals surface area contributed by atoms with Crippen LogP contribution in [0.5, 0.6) is 0 Å². The van der Waals surface area contributed by atoms with E-state index < -0.39 is 0 Å². The van der Waals surface area contributed by atoms with E-state index in [9.17, 15) is 4.79 Å². The Morgan fingerprint density at radius 2 is 1.53 bits per heavy atom. The van der Waals surface area contributed by atoms with E-state index in [-0.39, 0.29) is 5.97 Å². The van der Waals surface area contributed by atoms with Crippen LogP contribution in [0, 0.1) is 0 Å². The van der Waals surface area contributed by atoms with Crippen LogP contribution in [0.3, 0.4) is 0 Å². The average molecular weight is 286 g/mol. The Bertz CT molecular complexity index is 243. The molecule has 0 N–H and O–H groups in total. The van der Waals surface area contributed by atoms with Gasteiger partial charge in [-0.05, 0) is 12.8 Å². The average Bonchev–Trinajstić information content (AvgIpc) is 3.17. The highest BCUT2D eigenvalue weighted by molar-refractivity contribution is 8.07. The van der Waals surface area contributed by atoms with Crippen LogP contribution in [0.4, 0.5) is 0 Å². The van der Waals surface area contributed by atoms with E-state index in [4.69, 9.17) is 0 Å². The van der Waals surface area contributed by atoms with Crippen LogP contribution in [0.25, 0.3) is 0 Å². The third-order valence-electron chi connectivity index (χ3n) is 3.89. The second kappa shape index (κ2) is 10.6. The highest BCUT2D eigenvalue weighted by Crippen LogP contribution is 2.47. The molecule has 2 unspecified atom stereocenters. The van der Waals surface area contributed by atoms with E-state index in [0.717, 1.165) is 16.9 Å². The molecule has 0 aromatic carbocycles. The van der Waals surface area contributed by atoms with Gasteiger partial charge in [-0.3, -0.25) is 4.79 Å². The third kappa shape index (κ3) is 8.56. The number of unbranched alkanes of at least 4 members (excludes halogenated alkanes) is 7. The van der Waals surface area contributed by atoms with Crippen LogP contribution in [0.15, 0.2) is 0 Å². The maximum Gasteiger partial charge on any atom is 0.305 e. The van der Waals surface area contributed by atoms with E-state index in [0.29, 0.717) is 6.42 Å². The van der Waals surface area contributed by atoms with Gasteiger partial charge < -0.3 is 4.74 Å². The van der Waals surface area contributed by atoms with Gasteiger partial charge in [0, 0.05) is 16.9 Å². The summed E-state index contributed by atoms with van der Waals surface area (Å²) in [5.74, 6) is -0.0571. The van der Waals surface area contributed by atoms with Gasteiger partial charge in [-0.15, -0.1) is 0 Å². The molecule has 1 fully saturated rings. The number of esters is 1. The zero-order valence-corrected chi connectivity index (χ0v) is 13.5. The van der Waals surface area contributed by atoms with E-state index >= 15 is 0 Å². The Kier molecular flexibility index (Phi) is 9.40. The van der Waals surface area contributed by atoms with Crippen molar-refractivity contribution in [2.45, 2.75) is 88.1 Å². The standard InChI is InChI=1S/C16H30O2S/c1-3-4-5-6-7-8-9-10-11-14-15(19-14)12-13-16(17)18-2/h14-15H,3-13H2,1-2H3. The topological polar surface area (TPSA) is 26.3 Å². The van der Waals surface area contributed by atoms with Crippen molar-refractivity contribution in [2.75, 3.05) is 7.11 Å². The fraction of sp³-hybridized carbons (Fsp3) is 0.938. The number of methoxy groups -OCH3 is 1. The van der Waals surface area contributed by atoms with E-state index in [2.05, 4.69) is 23.4 Å². The van der Waals surface area contributed by atoms with Crippen LogP contribution < -0.4 is 0 Å². The van der Waals surface area contributed by atoms with Crippen LogP contribution >= 0.6 is 11.8 Å². The Morgan fingerprint density at radius 1 is 0.947 bits per heavy atom. The van der Waals surface area contributed by atoms with Crippen LogP contribution in [-0.2, 0) is 9.53 Å². The summed E-state index contributed by atoms with van der Waals surface area (Å²) in [5.41, 5.74) is 0. The first kappa shape index (κ1) is 16.9. The van der Waals surface area contributed by atoms with Crippen molar-refractivity contribution >= 4 is 17.7 Å². The lowest BCUT2D eigenvalue weighted by Crippen LogP contribution is -2.03. The molecule has 2 atom stereocenters. The zero-order valence-electron chi connectivity index (χ0n) is 12.7. The summed E-state index contributed by atoms with van der Waals surface area (Å²) in [6.45, 7) is 2.27. The SMILES string of the molecule is CCCCCCCCCCC1SC1CCC(=O)OC. The van der Waals surface area contributed by atoms with E-state index in [1.807, 2.05) is 0 Å². The van der Waals surface area contributed by atoms with Gasteiger partial charge in [0.2, 0.25) is 0 Å². The van der Waals surface area contributed by atoms with E-state index in [1.54, 1.807) is 0 Å². The summed E-state index contributed by atoms with van der Waals surface area (Å²) in [4.78, 5) is 11.0. The van der Waals surface area contributed by atoms with Crippen LogP contribution in [0.1, 0.15) is 77.6 Å². The molecule has 0 aromatic rings. The summed E-state index contributed by atoms with van der Waals surface area (Å²) >= 11 is 2.06. The van der Waals surface area contributed by atoms with Gasteiger partial charge in [-0.2, -0.15) is 11.8 Å². The molecule has 0 spiro atoms. The highest BCUT2D eigenvalue weighted by atomic mass is 32.2. The highest BCUT2D eigenvalue weighted by Gasteiger charge is 2.37. The zero-order chi connectivity index (χ0) is 13.9. The van der Waals surface area contributed by atoms with Crippen LogP contribution in [-0.4, -0.2) is 23.6 Å². The molecule has 112 valence electrons. The molecule has 0 aliphatic carbocycles. The molecule has 1 aliphatic rings. The van der Waals surface area contributed by atoms with Crippen molar-refractivity contribution in [1.29, 1.82) is 0 Å². The molecule has 0 radical (unpaired) electrons. The monoisotopic (exact) mass is 286 g/mol. The maximum atomic E-state index is 11.0. The molecule has 1 aliphatic heterocycles. The van der Waals surface area contributed by atoms with Crippen LogP contribution in [0.2, 0.25) is 0 Å². The molecule has 1 heterocycles. The van der Waals surface area contributed by atoms with Crippen molar-refractivity contribution in [3.8, 4) is 0 Å². The number of ether oxygens (including phenoxy) is 1. The van der Waals surface area contributed by atoms with Crippen molar-refractivity contribution in [3.63, 3.8) is 0 Å². The lowest BCUT2D eigenvalue weighted by Gasteiger charge is -2.01. The first-order valence-corrected chi connectivity index (χ1v) is 8.94. The van der Waals surface area contributed by atoms with Gasteiger partial charge in [0.15, 0.2) is 0 Å². The van der Waals surface area contributed by atoms with Crippen molar-refractivity contribution in [1.82, 2.24) is 0 Å². The third-order valence-corrected chi connectivity index (χ3v) is 5.40. The normalized spacial score (nSPS) is 21.4. The van der Waals surface area contributed by atoms with Gasteiger partial charge in [0.1, 0.15) is 0 Å². The second-order valence-corrected chi connectivity index (χ2v) is 7.07. The number of hydrogen-bond acceptors (Lipinski definition) is 3. The van der Waals surface area contributed by atoms with Gasteiger partial charge in [0.05, 0.1) is 7.11 Å². The van der Waals surface area contributed by atoms with Crippen molar-refractivity contribution in [3.05, 3.63) is 0 Å². The number of rotatable bonds is 12. The minimum atomic E-state index is -0.0571. The van der Waals surface area contributed by atoms with Gasteiger partial charge in [-0.25, -0.2) is 0 Å². The first-order chi connectivity index (χ1) is 9.27. The summed E-state index contributed by atoms with van der Waals surface area (Å²) in [6, 6.07) is 0. The molecular formula is C16H30O2S. The number of carbonyl (C=O) groups excluding carboxylic acids is 1. The lowest BCUT2D eigenvalue weighted by molar-refractivity contribution is -0.140. The predicted molar refractivity (Wildman–Crippen MR) is 83.6 cm³/mol. The second-order valence-electron chi connectivity index (χ2n) is 5.59. The van der Waals surface area contributed by atoms with Gasteiger partial charge >= 0.3 is 5.97 Å². The maximum absolute atomic E-state index is 11.0. The minimum absolute atomic E-state index is 0.0571. The predicted octanol–water partition coefficient (Wildman–Crippen LogP) is 4.95. The summed E-state index contributed by atoms with van der Waals surface area (Å²) < 4.78 is 4.67. The Morgan fingerprint density at radius 3 is 2.16 bits per heavy atom. The molecule has 0 amide bonds. The summed E-state index contributed by atoms with van der Waals surface area (Å²) in [5, 5.41) is 1.58. The molecule has 0 bridgehead atoms. The largest absolute Gasteiger partial charge is 0.469 e. The fourth-order valence-electron chi connectivity index (χ4n) is 2.53. The number of carbonyl (C=O) groups is 1. The fourth-order valence-corrected chi connectivity index (χ4v) is 3.72. The van der Waals surface area contributed by atoms with Crippen molar-refractivity contribution in [2.24, 2.45) is 0 Å².